The van der Waals surface area contributed by atoms with Gasteiger partial charge in [-0.05, 0) is 32.0 Å². The minimum absolute atomic E-state index is 0.0126. The number of aromatic carboxylic acids is 1. The van der Waals surface area contributed by atoms with Crippen LogP contribution in [0.4, 0.5) is 0 Å². The van der Waals surface area contributed by atoms with Crippen molar-refractivity contribution in [3.05, 3.63) is 41.5 Å². The minimum Gasteiger partial charge on any atom is -0.494 e. The molecule has 5 heteroatoms. The van der Waals surface area contributed by atoms with Crippen LogP contribution in [0.5, 0.6) is 0 Å². The Hall–Kier alpha value is -2.30. The van der Waals surface area contributed by atoms with E-state index >= 15 is 0 Å². The Bertz CT molecular complexity index is 468. The summed E-state index contributed by atoms with van der Waals surface area (Å²) in [6.07, 6.45) is 0. The molecule has 1 N–H and O–H groups in total. The van der Waals surface area contributed by atoms with Crippen LogP contribution in [0.2, 0.25) is 0 Å². The molecule has 102 valence electrons. The maximum Gasteiger partial charge on any atom is 0.338 e. The Balaban J connectivity index is 3.21. The van der Waals surface area contributed by atoms with Gasteiger partial charge < -0.3 is 14.6 Å². The summed E-state index contributed by atoms with van der Waals surface area (Å²) in [5.41, 5.74) is 0.601. The summed E-state index contributed by atoms with van der Waals surface area (Å²) < 4.78 is 10.1. The van der Waals surface area contributed by atoms with E-state index in [1.165, 1.54) is 18.2 Å². The van der Waals surface area contributed by atoms with Gasteiger partial charge >= 0.3 is 11.9 Å². The van der Waals surface area contributed by atoms with Crippen molar-refractivity contribution in [3.63, 3.8) is 0 Å². The van der Waals surface area contributed by atoms with E-state index in [9.17, 15) is 9.59 Å². The minimum atomic E-state index is -1.13. The quantitative estimate of drug-likeness (QED) is 0.631. The normalized spacial score (nSPS) is 9.79. The van der Waals surface area contributed by atoms with Crippen LogP contribution in [0.15, 0.2) is 24.8 Å². The highest BCUT2D eigenvalue weighted by Gasteiger charge is 2.14. The molecule has 1 rings (SSSR count). The number of carboxylic acids is 1. The van der Waals surface area contributed by atoms with Gasteiger partial charge in [0.2, 0.25) is 0 Å². The topological polar surface area (TPSA) is 72.8 Å². The molecule has 0 aliphatic carbocycles. The molecule has 1 aromatic rings. The molecule has 0 bridgehead atoms. The molecule has 1 aromatic carbocycles. The van der Waals surface area contributed by atoms with Crippen molar-refractivity contribution in [3.8, 4) is 0 Å². The lowest BCUT2D eigenvalue weighted by Crippen LogP contribution is -2.08. The van der Waals surface area contributed by atoms with Crippen molar-refractivity contribution in [2.45, 2.75) is 13.8 Å². The van der Waals surface area contributed by atoms with Gasteiger partial charge in [0.25, 0.3) is 0 Å². The Morgan fingerprint density at radius 2 is 1.58 bits per heavy atom. The molecule has 0 saturated carbocycles. The van der Waals surface area contributed by atoms with Crippen LogP contribution in [-0.4, -0.2) is 30.3 Å². The second-order valence-corrected chi connectivity index (χ2v) is 3.68. The summed E-state index contributed by atoms with van der Waals surface area (Å²) in [6, 6.07) is 4.18. The first-order valence-corrected chi connectivity index (χ1v) is 5.87. The molecule has 0 fully saturated rings. The van der Waals surface area contributed by atoms with Gasteiger partial charge in [0, 0.05) is 5.56 Å². The van der Waals surface area contributed by atoms with Gasteiger partial charge in [-0.3, -0.25) is 0 Å². The molecule has 0 aromatic heterocycles. The maximum atomic E-state index is 11.7. The van der Waals surface area contributed by atoms with Crippen LogP contribution in [0.25, 0.3) is 5.76 Å². The number of carbonyl (C=O) groups excluding carboxylic acids is 1. The zero-order chi connectivity index (χ0) is 14.4. The van der Waals surface area contributed by atoms with Crippen LogP contribution in [0, 0.1) is 0 Å². The van der Waals surface area contributed by atoms with Gasteiger partial charge in [0.1, 0.15) is 5.76 Å². The maximum absolute atomic E-state index is 11.7. The standard InChI is InChI=1S/C14H16O5/c1-4-18-9(3)10-6-11(13(15)16)8-12(7-10)14(17)19-5-2/h6-8H,3-5H2,1-2H3,(H,15,16). The van der Waals surface area contributed by atoms with Crippen molar-refractivity contribution < 1.29 is 24.2 Å². The zero-order valence-electron chi connectivity index (χ0n) is 10.9. The van der Waals surface area contributed by atoms with Gasteiger partial charge in [-0.2, -0.15) is 0 Å². The second-order valence-electron chi connectivity index (χ2n) is 3.68. The average molecular weight is 264 g/mol. The molecule has 0 unspecified atom stereocenters. The average Bonchev–Trinajstić information content (AvgIpc) is 2.38. The predicted octanol–water partition coefficient (Wildman–Crippen LogP) is 2.57. The molecular formula is C14H16O5. The summed E-state index contributed by atoms with van der Waals surface area (Å²) in [6.45, 7) is 7.79. The van der Waals surface area contributed by atoms with Crippen molar-refractivity contribution in [2.24, 2.45) is 0 Å². The molecule has 0 amide bonds. The molecule has 0 radical (unpaired) electrons. The summed E-state index contributed by atoms with van der Waals surface area (Å²) in [7, 11) is 0. The van der Waals surface area contributed by atoms with Crippen molar-refractivity contribution in [2.75, 3.05) is 13.2 Å². The fraction of sp³-hybridized carbons (Fsp3) is 0.286. The van der Waals surface area contributed by atoms with E-state index in [4.69, 9.17) is 14.6 Å². The van der Waals surface area contributed by atoms with E-state index < -0.39 is 11.9 Å². The molecular weight excluding hydrogens is 248 g/mol. The van der Waals surface area contributed by atoms with E-state index in [2.05, 4.69) is 6.58 Å². The lowest BCUT2D eigenvalue weighted by atomic mass is 10.0. The first-order chi connectivity index (χ1) is 8.99. The number of carboxylic acid groups (broad SMARTS) is 1. The molecule has 0 heterocycles. The van der Waals surface area contributed by atoms with E-state index in [-0.39, 0.29) is 17.7 Å². The molecule has 0 saturated heterocycles. The van der Waals surface area contributed by atoms with Gasteiger partial charge in [-0.15, -0.1) is 0 Å². The predicted molar refractivity (Wildman–Crippen MR) is 70.0 cm³/mol. The van der Waals surface area contributed by atoms with Gasteiger partial charge in [0.15, 0.2) is 0 Å². The number of esters is 1. The van der Waals surface area contributed by atoms with Crippen molar-refractivity contribution in [1.82, 2.24) is 0 Å². The van der Waals surface area contributed by atoms with Gasteiger partial charge in [0.05, 0.1) is 24.3 Å². The van der Waals surface area contributed by atoms with Crippen LogP contribution in [-0.2, 0) is 9.47 Å². The van der Waals surface area contributed by atoms with E-state index in [1.54, 1.807) is 13.8 Å². The van der Waals surface area contributed by atoms with E-state index in [1.807, 2.05) is 0 Å². The highest BCUT2D eigenvalue weighted by atomic mass is 16.5. The Labute approximate surface area is 111 Å². The number of benzene rings is 1. The summed E-state index contributed by atoms with van der Waals surface area (Å²) >= 11 is 0. The third-order valence-corrected chi connectivity index (χ3v) is 2.33. The van der Waals surface area contributed by atoms with Crippen LogP contribution < -0.4 is 0 Å². The van der Waals surface area contributed by atoms with Crippen LogP contribution in [0.3, 0.4) is 0 Å². The Kier molecular flexibility index (Phi) is 5.11. The third-order valence-electron chi connectivity index (χ3n) is 2.33. The number of carbonyl (C=O) groups is 2. The van der Waals surface area contributed by atoms with Crippen LogP contribution >= 0.6 is 0 Å². The fourth-order valence-electron chi connectivity index (χ4n) is 1.50. The Morgan fingerprint density at radius 3 is 2.11 bits per heavy atom. The zero-order valence-corrected chi connectivity index (χ0v) is 10.9. The summed E-state index contributed by atoms with van der Waals surface area (Å²) in [5.74, 6) is -1.39. The highest BCUT2D eigenvalue weighted by molar-refractivity contribution is 5.96. The molecule has 0 spiro atoms. The largest absolute Gasteiger partial charge is 0.494 e. The number of hydrogen-bond acceptors (Lipinski definition) is 4. The molecule has 0 aliphatic rings. The van der Waals surface area contributed by atoms with E-state index in [0.717, 1.165) is 0 Å². The first kappa shape index (κ1) is 14.8. The monoisotopic (exact) mass is 264 g/mol. The summed E-state index contributed by atoms with van der Waals surface area (Å²) in [5, 5.41) is 9.03. The highest BCUT2D eigenvalue weighted by Crippen LogP contribution is 2.19. The molecule has 0 aliphatic heterocycles. The second kappa shape index (κ2) is 6.58. The first-order valence-electron chi connectivity index (χ1n) is 5.87. The number of hydrogen-bond donors (Lipinski definition) is 1. The number of ether oxygens (including phenoxy) is 2. The Morgan fingerprint density at radius 1 is 1.05 bits per heavy atom. The summed E-state index contributed by atoms with van der Waals surface area (Å²) in [4.78, 5) is 22.7. The SMILES string of the molecule is C=C(OCC)c1cc(C(=O)O)cc(C(=O)OCC)c1. The lowest BCUT2D eigenvalue weighted by Gasteiger charge is -2.10. The molecule has 19 heavy (non-hydrogen) atoms. The van der Waals surface area contributed by atoms with Crippen LogP contribution in [0.1, 0.15) is 40.1 Å². The lowest BCUT2D eigenvalue weighted by molar-refractivity contribution is 0.0526. The van der Waals surface area contributed by atoms with Gasteiger partial charge in [-0.1, -0.05) is 6.58 Å². The van der Waals surface area contributed by atoms with Crippen molar-refractivity contribution >= 4 is 17.7 Å². The smallest absolute Gasteiger partial charge is 0.338 e. The van der Waals surface area contributed by atoms with E-state index in [0.29, 0.717) is 17.9 Å². The van der Waals surface area contributed by atoms with Gasteiger partial charge in [-0.25, -0.2) is 9.59 Å². The third kappa shape index (κ3) is 3.84. The molecule has 5 nitrogen and oxygen atoms in total. The van der Waals surface area contributed by atoms with Crippen molar-refractivity contribution in [1.29, 1.82) is 0 Å². The number of rotatable bonds is 6. The molecule has 0 atom stereocenters. The fourth-order valence-corrected chi connectivity index (χ4v) is 1.50.